The standard InChI is InChI=1S/C23H23FN2O5S/c1-30-20-11-12-21(31-2)22(14-20)32(28,29)26(15-17-7-4-3-5-8-17)16-23(27)25-19-10-6-9-18(24)13-19/h3-14H,15-16H2,1-2H3,(H,25,27). The first-order valence-corrected chi connectivity index (χ1v) is 11.1. The second-order valence-corrected chi connectivity index (χ2v) is 8.74. The number of benzene rings is 3. The lowest BCUT2D eigenvalue weighted by atomic mass is 10.2. The fourth-order valence-corrected chi connectivity index (χ4v) is 4.62. The Balaban J connectivity index is 1.95. The largest absolute Gasteiger partial charge is 0.497 e. The van der Waals surface area contributed by atoms with Crippen molar-refractivity contribution in [3.05, 3.63) is 84.2 Å². The number of anilines is 1. The van der Waals surface area contributed by atoms with Crippen LogP contribution in [0.25, 0.3) is 0 Å². The van der Waals surface area contributed by atoms with Crippen LogP contribution in [0.2, 0.25) is 0 Å². The number of amides is 1. The topological polar surface area (TPSA) is 84.9 Å². The Labute approximate surface area is 186 Å². The number of hydrogen-bond donors (Lipinski definition) is 1. The number of nitrogens with zero attached hydrogens (tertiary/aromatic N) is 1. The van der Waals surface area contributed by atoms with Gasteiger partial charge in [0, 0.05) is 18.3 Å². The van der Waals surface area contributed by atoms with E-state index in [1.165, 1.54) is 44.6 Å². The van der Waals surface area contributed by atoms with Gasteiger partial charge in [-0.15, -0.1) is 0 Å². The molecule has 1 N–H and O–H groups in total. The van der Waals surface area contributed by atoms with Gasteiger partial charge in [-0.1, -0.05) is 36.4 Å². The van der Waals surface area contributed by atoms with Gasteiger partial charge in [0.2, 0.25) is 15.9 Å². The molecule has 32 heavy (non-hydrogen) atoms. The summed E-state index contributed by atoms with van der Waals surface area (Å²) in [6.07, 6.45) is 0. The molecule has 7 nitrogen and oxygen atoms in total. The Morgan fingerprint density at radius 2 is 1.72 bits per heavy atom. The lowest BCUT2D eigenvalue weighted by molar-refractivity contribution is -0.116. The first-order chi connectivity index (χ1) is 15.3. The summed E-state index contributed by atoms with van der Waals surface area (Å²) in [7, 11) is -1.39. The van der Waals surface area contributed by atoms with Crippen molar-refractivity contribution in [2.75, 3.05) is 26.1 Å². The molecule has 0 radical (unpaired) electrons. The van der Waals surface area contributed by atoms with Gasteiger partial charge in [-0.25, -0.2) is 12.8 Å². The molecule has 0 aliphatic heterocycles. The zero-order chi connectivity index (χ0) is 23.1. The van der Waals surface area contributed by atoms with Crippen LogP contribution in [0.1, 0.15) is 5.56 Å². The second-order valence-electron chi connectivity index (χ2n) is 6.83. The highest BCUT2D eigenvalue weighted by Crippen LogP contribution is 2.31. The molecule has 0 spiro atoms. The van der Waals surface area contributed by atoms with Crippen LogP contribution in [0.5, 0.6) is 11.5 Å². The van der Waals surface area contributed by atoms with Gasteiger partial charge < -0.3 is 14.8 Å². The van der Waals surface area contributed by atoms with E-state index in [-0.39, 0.29) is 22.9 Å². The number of sulfonamides is 1. The predicted octanol–water partition coefficient (Wildman–Crippen LogP) is 3.67. The maximum absolute atomic E-state index is 13.6. The number of methoxy groups -OCH3 is 2. The summed E-state index contributed by atoms with van der Waals surface area (Å²) in [5.41, 5.74) is 0.919. The molecule has 1 amide bonds. The number of nitrogens with one attached hydrogen (secondary N) is 1. The van der Waals surface area contributed by atoms with Crippen LogP contribution in [0.15, 0.2) is 77.7 Å². The van der Waals surface area contributed by atoms with Crippen molar-refractivity contribution in [2.45, 2.75) is 11.4 Å². The van der Waals surface area contributed by atoms with E-state index in [1.54, 1.807) is 30.3 Å². The van der Waals surface area contributed by atoms with Crippen molar-refractivity contribution in [3.63, 3.8) is 0 Å². The van der Waals surface area contributed by atoms with Crippen LogP contribution < -0.4 is 14.8 Å². The van der Waals surface area contributed by atoms with Crippen LogP contribution in [-0.4, -0.2) is 39.4 Å². The number of carbonyl (C=O) groups excluding carboxylic acids is 1. The van der Waals surface area contributed by atoms with E-state index >= 15 is 0 Å². The van der Waals surface area contributed by atoms with Crippen molar-refractivity contribution >= 4 is 21.6 Å². The van der Waals surface area contributed by atoms with E-state index in [0.29, 0.717) is 11.3 Å². The first kappa shape index (κ1) is 23.2. The SMILES string of the molecule is COc1ccc(OC)c(S(=O)(=O)N(CC(=O)Nc2cccc(F)c2)Cc2ccccc2)c1. The van der Waals surface area contributed by atoms with Gasteiger partial charge in [0.15, 0.2) is 0 Å². The average molecular weight is 459 g/mol. The highest BCUT2D eigenvalue weighted by atomic mass is 32.2. The molecule has 168 valence electrons. The molecule has 3 aromatic carbocycles. The Bertz CT molecular complexity index is 1190. The minimum absolute atomic E-state index is 0.0554. The number of carbonyl (C=O) groups is 1. The summed E-state index contributed by atoms with van der Waals surface area (Å²) < 4.78 is 52.0. The molecule has 0 unspecified atom stereocenters. The minimum Gasteiger partial charge on any atom is -0.497 e. The number of halogens is 1. The highest BCUT2D eigenvalue weighted by Gasteiger charge is 2.30. The first-order valence-electron chi connectivity index (χ1n) is 9.65. The average Bonchev–Trinajstić information content (AvgIpc) is 2.78. The van der Waals surface area contributed by atoms with Crippen molar-refractivity contribution in [1.29, 1.82) is 0 Å². The van der Waals surface area contributed by atoms with E-state index in [2.05, 4.69) is 5.32 Å². The second kappa shape index (κ2) is 10.3. The van der Waals surface area contributed by atoms with E-state index in [4.69, 9.17) is 9.47 Å². The van der Waals surface area contributed by atoms with Gasteiger partial charge in [-0.05, 0) is 35.9 Å². The summed E-state index contributed by atoms with van der Waals surface area (Å²) in [6, 6.07) is 18.7. The van der Waals surface area contributed by atoms with Crippen molar-refractivity contribution in [2.24, 2.45) is 0 Å². The summed E-state index contributed by atoms with van der Waals surface area (Å²) in [6.45, 7) is -0.547. The third-order valence-corrected chi connectivity index (χ3v) is 6.43. The number of hydrogen-bond acceptors (Lipinski definition) is 5. The fraction of sp³-hybridized carbons (Fsp3) is 0.174. The molecule has 0 aliphatic carbocycles. The molecule has 0 fully saturated rings. The summed E-state index contributed by atoms with van der Waals surface area (Å²) in [4.78, 5) is 12.6. The van der Waals surface area contributed by atoms with Gasteiger partial charge in [0.25, 0.3) is 0 Å². The molecule has 0 aliphatic rings. The van der Waals surface area contributed by atoms with E-state index in [1.807, 2.05) is 6.07 Å². The summed E-state index contributed by atoms with van der Waals surface area (Å²) >= 11 is 0. The maximum Gasteiger partial charge on any atom is 0.247 e. The van der Waals surface area contributed by atoms with Crippen molar-refractivity contribution < 1.29 is 27.1 Å². The van der Waals surface area contributed by atoms with Crippen LogP contribution in [-0.2, 0) is 21.4 Å². The third kappa shape index (κ3) is 5.63. The monoisotopic (exact) mass is 458 g/mol. The molecule has 0 saturated heterocycles. The molecule has 0 heterocycles. The van der Waals surface area contributed by atoms with E-state index in [0.717, 1.165) is 10.4 Å². The number of rotatable bonds is 9. The minimum atomic E-state index is -4.18. The van der Waals surface area contributed by atoms with Crippen molar-refractivity contribution in [3.8, 4) is 11.5 Å². The quantitative estimate of drug-likeness (QED) is 0.529. The van der Waals surface area contributed by atoms with Gasteiger partial charge in [-0.2, -0.15) is 4.31 Å². The maximum atomic E-state index is 13.6. The fourth-order valence-electron chi connectivity index (χ4n) is 3.06. The molecule has 0 aromatic heterocycles. The highest BCUT2D eigenvalue weighted by molar-refractivity contribution is 7.89. The summed E-state index contributed by atoms with van der Waals surface area (Å²) in [5, 5.41) is 2.53. The molecule has 0 bridgehead atoms. The normalized spacial score (nSPS) is 11.2. The Morgan fingerprint density at radius 1 is 0.969 bits per heavy atom. The molecule has 0 saturated carbocycles. The summed E-state index contributed by atoms with van der Waals surface area (Å²) in [5.74, 6) is -0.683. The van der Waals surface area contributed by atoms with E-state index < -0.39 is 28.3 Å². The molecule has 3 aromatic rings. The zero-order valence-corrected chi connectivity index (χ0v) is 18.4. The Morgan fingerprint density at radius 3 is 2.38 bits per heavy atom. The predicted molar refractivity (Wildman–Crippen MR) is 119 cm³/mol. The Kier molecular flexibility index (Phi) is 7.45. The third-order valence-electron chi connectivity index (χ3n) is 4.62. The zero-order valence-electron chi connectivity index (χ0n) is 17.6. The molecule has 3 rings (SSSR count). The van der Waals surface area contributed by atoms with Gasteiger partial charge in [0.05, 0.1) is 20.8 Å². The van der Waals surface area contributed by atoms with Crippen LogP contribution in [0.3, 0.4) is 0 Å². The molecular weight excluding hydrogens is 435 g/mol. The van der Waals surface area contributed by atoms with Crippen LogP contribution in [0.4, 0.5) is 10.1 Å². The van der Waals surface area contributed by atoms with Gasteiger partial charge in [-0.3, -0.25) is 4.79 Å². The lowest BCUT2D eigenvalue weighted by Gasteiger charge is -2.23. The molecule has 0 atom stereocenters. The number of ether oxygens (including phenoxy) is 2. The van der Waals surface area contributed by atoms with Gasteiger partial charge >= 0.3 is 0 Å². The van der Waals surface area contributed by atoms with Gasteiger partial charge in [0.1, 0.15) is 22.2 Å². The van der Waals surface area contributed by atoms with Crippen molar-refractivity contribution in [1.82, 2.24) is 4.31 Å². The van der Waals surface area contributed by atoms with E-state index in [9.17, 15) is 17.6 Å². The molecular formula is C23H23FN2O5S. The Hall–Kier alpha value is -3.43. The van der Waals surface area contributed by atoms with Crippen LogP contribution in [0, 0.1) is 5.82 Å². The lowest BCUT2D eigenvalue weighted by Crippen LogP contribution is -2.37. The molecule has 9 heteroatoms. The smallest absolute Gasteiger partial charge is 0.247 e. The van der Waals surface area contributed by atoms with Crippen LogP contribution >= 0.6 is 0 Å².